The molecule has 224 valence electrons. The standard InChI is InChI=1S/C35H4F5N9/c1-46-22-8-21(38)20(37)7-17(22)27-29(24(13-45)48-3)31-32(35(27)49-4)34(40)30-26(33(31)39)18(11-43)25(28(30)23(12-44)47-2)16-6-19(36)15(10-42)5-14(16)9-41/h5-8H/b28-23-,29-24+. The summed E-state index contributed by atoms with van der Waals surface area (Å²) in [6, 6.07) is 10.0. The van der Waals surface area contributed by atoms with Crippen LogP contribution in [0, 0.1) is 112 Å². The van der Waals surface area contributed by atoms with E-state index in [1.165, 1.54) is 18.2 Å². The second-order valence-corrected chi connectivity index (χ2v) is 9.72. The van der Waals surface area contributed by atoms with Gasteiger partial charge in [-0.25, -0.2) is 51.9 Å². The van der Waals surface area contributed by atoms with Crippen LogP contribution in [0.15, 0.2) is 35.7 Å². The van der Waals surface area contributed by atoms with Crippen molar-refractivity contribution in [1.82, 2.24) is 0 Å². The molecule has 5 rings (SSSR count). The Hall–Kier alpha value is -8.32. The van der Waals surface area contributed by atoms with E-state index in [0.29, 0.717) is 18.2 Å². The third-order valence-corrected chi connectivity index (χ3v) is 7.53. The number of benzene rings is 3. The van der Waals surface area contributed by atoms with E-state index in [0.717, 1.165) is 6.07 Å². The summed E-state index contributed by atoms with van der Waals surface area (Å²) in [6.45, 7) is 30.5. The van der Waals surface area contributed by atoms with Crippen LogP contribution < -0.4 is 0 Å². The van der Waals surface area contributed by atoms with Crippen molar-refractivity contribution in [2.45, 2.75) is 0 Å². The Morgan fingerprint density at radius 2 is 1.08 bits per heavy atom. The average molecular weight is 645 g/mol. The molecule has 0 aromatic heterocycles. The first-order valence-corrected chi connectivity index (χ1v) is 12.9. The predicted molar refractivity (Wildman–Crippen MR) is 159 cm³/mol. The fraction of sp³-hybridized carbons (Fsp3) is 0. The molecule has 9 nitrogen and oxygen atoms in total. The molecule has 0 N–H and O–H groups in total. The molecular weight excluding hydrogens is 641 g/mol. The molecule has 0 fully saturated rings. The SMILES string of the molecule is [C-]#[N+]C1=C(c2cc(F)c(F)cc2[N+]#[C-])/C(=C(/C#N)[N+]#[C-])c2c(F)c3c(c(F)c21)/C(=C(/C#N)[N+]#[C-])C(c1cc(F)c(C#N)cc1C#N)=C3C#N. The Bertz CT molecular complexity index is 2670. The van der Waals surface area contributed by atoms with E-state index < -0.39 is 124 Å². The molecule has 0 unspecified atom stereocenters. The Morgan fingerprint density at radius 1 is 0.551 bits per heavy atom. The first kappa shape index (κ1) is 32.1. The van der Waals surface area contributed by atoms with Gasteiger partial charge in [-0.15, -0.1) is 0 Å². The lowest BCUT2D eigenvalue weighted by atomic mass is 9.89. The number of halogens is 5. The van der Waals surface area contributed by atoms with Crippen LogP contribution in [0.4, 0.5) is 27.6 Å². The third-order valence-electron chi connectivity index (χ3n) is 7.53. The molecular formula is C35H4F5N9. The van der Waals surface area contributed by atoms with Gasteiger partial charge in [-0.3, -0.25) is 0 Å². The van der Waals surface area contributed by atoms with E-state index in [2.05, 4.69) is 19.4 Å². The Kier molecular flexibility index (Phi) is 7.78. The van der Waals surface area contributed by atoms with E-state index in [1.807, 2.05) is 0 Å². The molecule has 0 heterocycles. The van der Waals surface area contributed by atoms with Crippen LogP contribution >= 0.6 is 0 Å². The van der Waals surface area contributed by atoms with Gasteiger partial charge in [-0.2, -0.15) is 15.8 Å². The summed E-state index contributed by atoms with van der Waals surface area (Å²) >= 11 is 0. The molecule has 0 amide bonds. The molecule has 2 aliphatic rings. The number of hydrogen-bond acceptors (Lipinski definition) is 5. The molecule has 0 atom stereocenters. The van der Waals surface area contributed by atoms with Gasteiger partial charge >= 0.3 is 0 Å². The zero-order chi connectivity index (χ0) is 35.9. The highest BCUT2D eigenvalue weighted by Gasteiger charge is 2.44. The van der Waals surface area contributed by atoms with Crippen molar-refractivity contribution in [3.8, 4) is 30.3 Å². The Morgan fingerprint density at radius 3 is 1.59 bits per heavy atom. The summed E-state index contributed by atoms with van der Waals surface area (Å²) < 4.78 is 77.9. The van der Waals surface area contributed by atoms with E-state index in [9.17, 15) is 39.5 Å². The van der Waals surface area contributed by atoms with E-state index >= 15 is 8.78 Å². The molecule has 0 saturated heterocycles. The van der Waals surface area contributed by atoms with Gasteiger partial charge in [0.15, 0.2) is 11.5 Å². The maximum Gasteiger partial charge on any atom is 0.270 e. The summed E-state index contributed by atoms with van der Waals surface area (Å²) in [6.07, 6.45) is 0. The van der Waals surface area contributed by atoms with Crippen molar-refractivity contribution in [2.24, 2.45) is 0 Å². The number of nitrogens with zero attached hydrogens (tertiary/aromatic N) is 9. The second-order valence-electron chi connectivity index (χ2n) is 9.72. The lowest BCUT2D eigenvalue weighted by Crippen LogP contribution is -2.05. The summed E-state index contributed by atoms with van der Waals surface area (Å²) in [7, 11) is 0. The van der Waals surface area contributed by atoms with Crippen LogP contribution in [0.5, 0.6) is 0 Å². The smallest absolute Gasteiger partial charge is 0.237 e. The average Bonchev–Trinajstić information content (AvgIpc) is 3.63. The second kappa shape index (κ2) is 11.9. The maximum absolute atomic E-state index is 17.1. The molecule has 0 saturated carbocycles. The topological polar surface area (TPSA) is 136 Å². The van der Waals surface area contributed by atoms with Gasteiger partial charge in [0.1, 0.15) is 35.4 Å². The quantitative estimate of drug-likeness (QED) is 0.157. The summed E-state index contributed by atoms with van der Waals surface area (Å²) in [4.78, 5) is 12.4. The van der Waals surface area contributed by atoms with Crippen LogP contribution in [0.3, 0.4) is 0 Å². The van der Waals surface area contributed by atoms with Gasteiger partial charge in [0.05, 0.1) is 61.2 Å². The minimum absolute atomic E-state index is 0.436. The molecule has 0 spiro atoms. The monoisotopic (exact) mass is 645 g/mol. The largest absolute Gasteiger partial charge is 0.270 e. The van der Waals surface area contributed by atoms with Crippen molar-refractivity contribution in [3.63, 3.8) is 0 Å². The van der Waals surface area contributed by atoms with Gasteiger partial charge in [0.2, 0.25) is 5.70 Å². The van der Waals surface area contributed by atoms with Crippen LogP contribution in [0.1, 0.15) is 44.5 Å². The van der Waals surface area contributed by atoms with Gasteiger partial charge < -0.3 is 0 Å². The predicted octanol–water partition coefficient (Wildman–Crippen LogP) is 8.23. The van der Waals surface area contributed by atoms with Crippen LogP contribution in [0.2, 0.25) is 0 Å². The summed E-state index contributed by atoms with van der Waals surface area (Å²) in [5.41, 5.74) is -13.4. The lowest BCUT2D eigenvalue weighted by molar-refractivity contribution is 0.509. The molecule has 49 heavy (non-hydrogen) atoms. The van der Waals surface area contributed by atoms with E-state index in [1.54, 1.807) is 12.1 Å². The molecule has 2 aliphatic carbocycles. The zero-order valence-corrected chi connectivity index (χ0v) is 23.7. The molecule has 3 aromatic carbocycles. The van der Waals surface area contributed by atoms with Gasteiger partial charge in [0, 0.05) is 33.4 Å². The molecule has 0 radical (unpaired) electrons. The van der Waals surface area contributed by atoms with Gasteiger partial charge in [-0.05, 0) is 46.5 Å². The zero-order valence-electron chi connectivity index (χ0n) is 23.7. The molecule has 3 aromatic rings. The summed E-state index contributed by atoms with van der Waals surface area (Å²) in [5, 5.41) is 49.1. The Balaban J connectivity index is 2.08. The highest BCUT2D eigenvalue weighted by molar-refractivity contribution is 6.30. The van der Waals surface area contributed by atoms with E-state index in [-0.39, 0.29) is 0 Å². The lowest BCUT2D eigenvalue weighted by Gasteiger charge is -2.15. The van der Waals surface area contributed by atoms with E-state index in [4.69, 9.17) is 26.3 Å². The Labute approximate surface area is 272 Å². The van der Waals surface area contributed by atoms with Crippen LogP contribution in [0.25, 0.3) is 52.9 Å². The molecule has 14 heteroatoms. The van der Waals surface area contributed by atoms with Crippen molar-refractivity contribution >= 4 is 39.2 Å². The number of nitriles is 5. The fourth-order valence-electron chi connectivity index (χ4n) is 5.65. The highest BCUT2D eigenvalue weighted by atomic mass is 19.2. The van der Waals surface area contributed by atoms with Crippen molar-refractivity contribution in [1.29, 1.82) is 26.3 Å². The first-order valence-electron chi connectivity index (χ1n) is 12.9. The van der Waals surface area contributed by atoms with Gasteiger partial charge in [0.25, 0.3) is 11.4 Å². The molecule has 0 bridgehead atoms. The minimum atomic E-state index is -1.58. The van der Waals surface area contributed by atoms with Crippen molar-refractivity contribution in [2.75, 3.05) is 0 Å². The van der Waals surface area contributed by atoms with Gasteiger partial charge in [-0.1, -0.05) is 0 Å². The van der Waals surface area contributed by atoms with Crippen molar-refractivity contribution < 1.29 is 22.0 Å². The molecule has 0 aliphatic heterocycles. The third kappa shape index (κ3) is 4.36. The number of allylic oxidation sites excluding steroid dienone is 7. The van der Waals surface area contributed by atoms with Crippen LogP contribution in [-0.4, -0.2) is 0 Å². The number of hydrogen-bond donors (Lipinski definition) is 0. The van der Waals surface area contributed by atoms with Crippen molar-refractivity contribution in [3.05, 3.63) is 155 Å². The minimum Gasteiger partial charge on any atom is -0.237 e. The fourth-order valence-corrected chi connectivity index (χ4v) is 5.65. The highest BCUT2D eigenvalue weighted by Crippen LogP contribution is 2.58. The number of fused-ring (bicyclic) bond motifs is 2. The number of rotatable bonds is 2. The first-order chi connectivity index (χ1) is 23.5. The summed E-state index contributed by atoms with van der Waals surface area (Å²) in [5.74, 6) is -7.44. The van der Waals surface area contributed by atoms with Crippen LogP contribution in [-0.2, 0) is 0 Å². The maximum atomic E-state index is 17.1. The normalized spacial score (nSPS) is 14.4.